The molecular weight excluding hydrogens is 260 g/mol. The number of benzene rings is 1. The van der Waals surface area contributed by atoms with Crippen LogP contribution >= 0.6 is 0 Å². The molecule has 0 atom stereocenters. The first kappa shape index (κ1) is 16.1. The molecule has 1 aromatic carbocycles. The Balaban J connectivity index is 2.06. The number of methoxy groups -OCH3 is 1. The lowest BCUT2D eigenvalue weighted by Gasteiger charge is -2.07. The molecule has 0 spiro atoms. The van der Waals surface area contributed by atoms with Crippen molar-refractivity contribution in [3.63, 3.8) is 0 Å². The molecule has 0 radical (unpaired) electrons. The lowest BCUT2D eigenvalue weighted by atomic mass is 10.1. The number of aromatic nitrogens is 1. The minimum Gasteiger partial charge on any atom is -0.383 e. The van der Waals surface area contributed by atoms with Crippen LogP contribution in [0.25, 0.3) is 10.9 Å². The van der Waals surface area contributed by atoms with Gasteiger partial charge in [-0.15, -0.1) is 0 Å². The molecule has 2 rings (SSSR count). The third-order valence-electron chi connectivity index (χ3n) is 3.85. The van der Waals surface area contributed by atoms with Crippen LogP contribution in [0.4, 0.5) is 0 Å². The lowest BCUT2D eigenvalue weighted by Crippen LogP contribution is -2.18. The smallest absolute Gasteiger partial charge is 0.0587 e. The van der Waals surface area contributed by atoms with E-state index in [2.05, 4.69) is 54.2 Å². The Morgan fingerprint density at radius 1 is 1.24 bits per heavy atom. The molecule has 0 amide bonds. The standard InChI is InChI=1S/C18H28N2O/c1-15(2)7-6-11-20-14-16(13-19-10-12-21-3)17-8-4-5-9-18(17)20/h4-5,8-9,14-15,19H,6-7,10-13H2,1-3H3. The molecule has 3 nitrogen and oxygen atoms in total. The SMILES string of the molecule is COCCNCc1cn(CCCC(C)C)c2ccccc12. The molecule has 116 valence electrons. The van der Waals surface area contributed by atoms with Gasteiger partial charge in [0.2, 0.25) is 0 Å². The van der Waals surface area contributed by atoms with Crippen molar-refractivity contribution in [3.05, 3.63) is 36.0 Å². The van der Waals surface area contributed by atoms with E-state index in [9.17, 15) is 0 Å². The van der Waals surface area contributed by atoms with Gasteiger partial charge in [-0.2, -0.15) is 0 Å². The van der Waals surface area contributed by atoms with Gasteiger partial charge in [0.25, 0.3) is 0 Å². The molecule has 1 N–H and O–H groups in total. The Morgan fingerprint density at radius 2 is 2.05 bits per heavy atom. The maximum absolute atomic E-state index is 5.08. The summed E-state index contributed by atoms with van der Waals surface area (Å²) in [6.45, 7) is 8.24. The minimum atomic E-state index is 0.757. The highest BCUT2D eigenvalue weighted by Gasteiger charge is 2.07. The fourth-order valence-corrected chi connectivity index (χ4v) is 2.72. The second-order valence-electron chi connectivity index (χ2n) is 6.07. The summed E-state index contributed by atoms with van der Waals surface area (Å²) < 4.78 is 7.49. The van der Waals surface area contributed by atoms with E-state index in [0.717, 1.165) is 32.2 Å². The first-order chi connectivity index (χ1) is 10.2. The molecule has 0 aliphatic carbocycles. The number of rotatable bonds is 9. The highest BCUT2D eigenvalue weighted by Crippen LogP contribution is 2.22. The van der Waals surface area contributed by atoms with Gasteiger partial charge < -0.3 is 14.6 Å². The fraction of sp³-hybridized carbons (Fsp3) is 0.556. The number of aryl methyl sites for hydroxylation is 1. The van der Waals surface area contributed by atoms with Crippen LogP contribution in [-0.4, -0.2) is 24.8 Å². The van der Waals surface area contributed by atoms with Crippen LogP contribution in [0, 0.1) is 5.92 Å². The van der Waals surface area contributed by atoms with Crippen molar-refractivity contribution in [2.24, 2.45) is 5.92 Å². The van der Waals surface area contributed by atoms with Crippen LogP contribution in [0.1, 0.15) is 32.3 Å². The zero-order valence-corrected chi connectivity index (χ0v) is 13.6. The maximum atomic E-state index is 5.08. The van der Waals surface area contributed by atoms with Crippen molar-refractivity contribution in [2.45, 2.75) is 39.8 Å². The van der Waals surface area contributed by atoms with E-state index in [0.29, 0.717) is 0 Å². The fourth-order valence-electron chi connectivity index (χ4n) is 2.72. The van der Waals surface area contributed by atoms with Crippen LogP contribution in [-0.2, 0) is 17.8 Å². The van der Waals surface area contributed by atoms with E-state index >= 15 is 0 Å². The molecule has 2 aromatic rings. The number of nitrogens with one attached hydrogen (secondary N) is 1. The van der Waals surface area contributed by atoms with Gasteiger partial charge in [0.15, 0.2) is 0 Å². The average Bonchev–Trinajstić information content (AvgIpc) is 2.82. The van der Waals surface area contributed by atoms with E-state index in [1.165, 1.54) is 29.3 Å². The normalized spacial score (nSPS) is 11.6. The molecule has 0 saturated carbocycles. The monoisotopic (exact) mass is 288 g/mol. The Labute approximate surface area is 128 Å². The number of hydrogen-bond donors (Lipinski definition) is 1. The molecule has 21 heavy (non-hydrogen) atoms. The summed E-state index contributed by atoms with van der Waals surface area (Å²) in [5, 5.41) is 4.81. The van der Waals surface area contributed by atoms with Crippen LogP contribution in [0.3, 0.4) is 0 Å². The largest absolute Gasteiger partial charge is 0.383 e. The summed E-state index contributed by atoms with van der Waals surface area (Å²) in [5.74, 6) is 0.780. The zero-order valence-electron chi connectivity index (χ0n) is 13.6. The van der Waals surface area contributed by atoms with Gasteiger partial charge in [0.1, 0.15) is 0 Å². The Kier molecular flexibility index (Phi) is 6.27. The first-order valence-corrected chi connectivity index (χ1v) is 7.98. The average molecular weight is 288 g/mol. The topological polar surface area (TPSA) is 26.2 Å². The highest BCUT2D eigenvalue weighted by molar-refractivity contribution is 5.83. The zero-order chi connectivity index (χ0) is 15.1. The van der Waals surface area contributed by atoms with Crippen LogP contribution in [0.15, 0.2) is 30.5 Å². The summed E-state index contributed by atoms with van der Waals surface area (Å²) in [6, 6.07) is 8.70. The molecule has 1 heterocycles. The van der Waals surface area contributed by atoms with Crippen molar-refractivity contribution in [1.82, 2.24) is 9.88 Å². The second kappa shape index (κ2) is 8.20. The summed E-state index contributed by atoms with van der Waals surface area (Å²) >= 11 is 0. The second-order valence-corrected chi connectivity index (χ2v) is 6.07. The van der Waals surface area contributed by atoms with E-state index in [4.69, 9.17) is 4.74 Å². The summed E-state index contributed by atoms with van der Waals surface area (Å²) in [7, 11) is 1.74. The summed E-state index contributed by atoms with van der Waals surface area (Å²) in [5.41, 5.74) is 2.73. The predicted molar refractivity (Wildman–Crippen MR) is 89.6 cm³/mol. The number of para-hydroxylation sites is 1. The molecule has 0 aliphatic heterocycles. The number of nitrogens with zero attached hydrogens (tertiary/aromatic N) is 1. The maximum Gasteiger partial charge on any atom is 0.0587 e. The lowest BCUT2D eigenvalue weighted by molar-refractivity contribution is 0.199. The molecule has 1 aromatic heterocycles. The van der Waals surface area contributed by atoms with E-state index in [-0.39, 0.29) is 0 Å². The molecular formula is C18H28N2O. The van der Waals surface area contributed by atoms with Crippen molar-refractivity contribution < 1.29 is 4.74 Å². The first-order valence-electron chi connectivity index (χ1n) is 7.98. The molecule has 3 heteroatoms. The molecule has 0 fully saturated rings. The van der Waals surface area contributed by atoms with Crippen LogP contribution < -0.4 is 5.32 Å². The molecule has 0 saturated heterocycles. The van der Waals surface area contributed by atoms with Gasteiger partial charge in [-0.25, -0.2) is 0 Å². The quantitative estimate of drug-likeness (QED) is 0.710. The van der Waals surface area contributed by atoms with Crippen molar-refractivity contribution >= 4 is 10.9 Å². The van der Waals surface area contributed by atoms with Gasteiger partial charge in [-0.3, -0.25) is 0 Å². The number of hydrogen-bond acceptors (Lipinski definition) is 2. The summed E-state index contributed by atoms with van der Waals surface area (Å²) in [4.78, 5) is 0. The van der Waals surface area contributed by atoms with Crippen molar-refractivity contribution in [3.8, 4) is 0 Å². The van der Waals surface area contributed by atoms with Gasteiger partial charge in [-0.1, -0.05) is 32.0 Å². The number of fused-ring (bicyclic) bond motifs is 1. The third kappa shape index (κ3) is 4.58. The number of ether oxygens (including phenoxy) is 1. The van der Waals surface area contributed by atoms with E-state index < -0.39 is 0 Å². The van der Waals surface area contributed by atoms with Gasteiger partial charge in [-0.05, 0) is 30.4 Å². The van der Waals surface area contributed by atoms with Crippen LogP contribution in [0.5, 0.6) is 0 Å². The Bertz CT molecular complexity index is 545. The molecule has 0 unspecified atom stereocenters. The van der Waals surface area contributed by atoms with Gasteiger partial charge in [0.05, 0.1) is 6.61 Å². The predicted octanol–water partition coefficient (Wildman–Crippen LogP) is 3.81. The third-order valence-corrected chi connectivity index (χ3v) is 3.85. The van der Waals surface area contributed by atoms with E-state index in [1.54, 1.807) is 7.11 Å². The summed E-state index contributed by atoms with van der Waals surface area (Å²) in [6.07, 6.45) is 4.84. The van der Waals surface area contributed by atoms with Gasteiger partial charge >= 0.3 is 0 Å². The van der Waals surface area contributed by atoms with Crippen LogP contribution in [0.2, 0.25) is 0 Å². The highest BCUT2D eigenvalue weighted by atomic mass is 16.5. The van der Waals surface area contributed by atoms with Crippen molar-refractivity contribution in [2.75, 3.05) is 20.3 Å². The van der Waals surface area contributed by atoms with E-state index in [1.807, 2.05) is 0 Å². The molecule has 0 bridgehead atoms. The Morgan fingerprint density at radius 3 is 2.81 bits per heavy atom. The van der Waals surface area contributed by atoms with Crippen molar-refractivity contribution in [1.29, 1.82) is 0 Å². The van der Waals surface area contributed by atoms with Gasteiger partial charge in [0, 0.05) is 43.8 Å². The Hall–Kier alpha value is -1.32. The minimum absolute atomic E-state index is 0.757. The molecule has 0 aliphatic rings.